The van der Waals surface area contributed by atoms with Crippen molar-refractivity contribution in [3.63, 3.8) is 0 Å². The molecular formula is C14H20ClN3. The molecule has 0 aromatic carbocycles. The molecule has 1 aliphatic carbocycles. The quantitative estimate of drug-likeness (QED) is 0.381. The monoisotopic (exact) mass is 265 g/mol. The summed E-state index contributed by atoms with van der Waals surface area (Å²) in [6, 6.07) is 3.86. The van der Waals surface area contributed by atoms with E-state index in [-0.39, 0.29) is 6.04 Å². The number of hydrazine groups is 1. The van der Waals surface area contributed by atoms with Crippen molar-refractivity contribution >= 4 is 11.6 Å². The summed E-state index contributed by atoms with van der Waals surface area (Å²) in [7, 11) is 0. The second-order valence-corrected chi connectivity index (χ2v) is 5.13. The molecule has 3 N–H and O–H groups in total. The lowest BCUT2D eigenvalue weighted by atomic mass is 9.92. The summed E-state index contributed by atoms with van der Waals surface area (Å²) < 4.78 is 0. The Kier molecular flexibility index (Phi) is 5.17. The number of aromatic nitrogens is 1. The Bertz CT molecular complexity index is 400. The van der Waals surface area contributed by atoms with Crippen LogP contribution in [0.5, 0.6) is 0 Å². The van der Waals surface area contributed by atoms with Crippen molar-refractivity contribution in [1.82, 2.24) is 10.4 Å². The van der Waals surface area contributed by atoms with Crippen LogP contribution < -0.4 is 11.3 Å². The van der Waals surface area contributed by atoms with Crippen molar-refractivity contribution in [2.45, 2.75) is 44.6 Å². The van der Waals surface area contributed by atoms with Gasteiger partial charge in [0.05, 0.1) is 6.04 Å². The van der Waals surface area contributed by atoms with Gasteiger partial charge in [-0.1, -0.05) is 42.2 Å². The number of nitrogens with one attached hydrogen (secondary N) is 1. The Labute approximate surface area is 113 Å². The van der Waals surface area contributed by atoms with Crippen LogP contribution in [0.3, 0.4) is 0 Å². The molecule has 2 rings (SSSR count). The minimum atomic E-state index is 0.0628. The van der Waals surface area contributed by atoms with Gasteiger partial charge in [0.15, 0.2) is 0 Å². The second kappa shape index (κ2) is 6.88. The van der Waals surface area contributed by atoms with Gasteiger partial charge in [-0.3, -0.25) is 5.84 Å². The van der Waals surface area contributed by atoms with E-state index in [1.807, 2.05) is 12.1 Å². The highest BCUT2D eigenvalue weighted by molar-refractivity contribution is 6.29. The highest BCUT2D eigenvalue weighted by Crippen LogP contribution is 2.28. The number of pyridine rings is 1. The average Bonchev–Trinajstić information content (AvgIpc) is 2.34. The van der Waals surface area contributed by atoms with Crippen molar-refractivity contribution in [2.24, 2.45) is 5.84 Å². The first-order chi connectivity index (χ1) is 8.81. The lowest BCUT2D eigenvalue weighted by molar-refractivity contribution is 0.554. The van der Waals surface area contributed by atoms with Crippen molar-refractivity contribution in [2.75, 3.05) is 0 Å². The Hall–Kier alpha value is -0.900. The summed E-state index contributed by atoms with van der Waals surface area (Å²) >= 11 is 5.82. The Morgan fingerprint density at radius 3 is 2.78 bits per heavy atom. The van der Waals surface area contributed by atoms with E-state index < -0.39 is 0 Å². The SMILES string of the molecule is NNC(/C1=C/CCCCCC1)c1ccc(Cl)nc1. The summed E-state index contributed by atoms with van der Waals surface area (Å²) in [6.45, 7) is 0. The number of rotatable bonds is 3. The van der Waals surface area contributed by atoms with Gasteiger partial charge in [-0.15, -0.1) is 0 Å². The van der Waals surface area contributed by atoms with Crippen LogP contribution in [0.1, 0.15) is 50.1 Å². The van der Waals surface area contributed by atoms with Crippen LogP contribution in [0.25, 0.3) is 0 Å². The number of halogens is 1. The fraction of sp³-hybridized carbons (Fsp3) is 0.500. The molecule has 0 saturated heterocycles. The molecule has 0 aliphatic heterocycles. The van der Waals surface area contributed by atoms with Gasteiger partial charge in [-0.2, -0.15) is 0 Å². The van der Waals surface area contributed by atoms with Gasteiger partial charge in [0.25, 0.3) is 0 Å². The maximum atomic E-state index is 5.82. The highest BCUT2D eigenvalue weighted by atomic mass is 35.5. The van der Waals surface area contributed by atoms with Crippen molar-refractivity contribution in [3.05, 3.63) is 40.7 Å². The maximum Gasteiger partial charge on any atom is 0.129 e. The van der Waals surface area contributed by atoms with Gasteiger partial charge >= 0.3 is 0 Å². The predicted octanol–water partition coefficient (Wildman–Crippen LogP) is 3.52. The van der Waals surface area contributed by atoms with E-state index in [0.29, 0.717) is 5.15 Å². The molecule has 0 radical (unpaired) electrons. The summed E-state index contributed by atoms with van der Waals surface area (Å²) in [5, 5.41) is 0.515. The topological polar surface area (TPSA) is 50.9 Å². The molecule has 98 valence electrons. The molecule has 1 atom stereocenters. The first-order valence-electron chi connectivity index (χ1n) is 6.58. The smallest absolute Gasteiger partial charge is 0.129 e. The van der Waals surface area contributed by atoms with E-state index in [0.717, 1.165) is 18.4 Å². The molecule has 1 heterocycles. The van der Waals surface area contributed by atoms with Crippen LogP contribution in [0.4, 0.5) is 0 Å². The van der Waals surface area contributed by atoms with Gasteiger partial charge in [0.2, 0.25) is 0 Å². The van der Waals surface area contributed by atoms with E-state index in [4.69, 9.17) is 17.4 Å². The number of nitrogens with two attached hydrogens (primary N) is 1. The molecule has 18 heavy (non-hydrogen) atoms. The van der Waals surface area contributed by atoms with E-state index in [2.05, 4.69) is 16.5 Å². The molecule has 0 saturated carbocycles. The lowest BCUT2D eigenvalue weighted by Gasteiger charge is -2.21. The molecule has 0 bridgehead atoms. The molecule has 1 aromatic heterocycles. The average molecular weight is 266 g/mol. The predicted molar refractivity (Wildman–Crippen MR) is 75.1 cm³/mol. The largest absolute Gasteiger partial charge is 0.271 e. The second-order valence-electron chi connectivity index (χ2n) is 4.75. The minimum absolute atomic E-state index is 0.0628. The molecule has 0 fully saturated rings. The van der Waals surface area contributed by atoms with Crippen LogP contribution in [0.2, 0.25) is 5.15 Å². The third-order valence-corrected chi connectivity index (χ3v) is 3.67. The zero-order valence-electron chi connectivity index (χ0n) is 10.5. The molecule has 4 heteroatoms. The molecule has 3 nitrogen and oxygen atoms in total. The fourth-order valence-corrected chi connectivity index (χ4v) is 2.57. The van der Waals surface area contributed by atoms with Crippen molar-refractivity contribution < 1.29 is 0 Å². The summed E-state index contributed by atoms with van der Waals surface area (Å²) in [5.74, 6) is 5.71. The van der Waals surface area contributed by atoms with Gasteiger partial charge in [-0.25, -0.2) is 10.4 Å². The summed E-state index contributed by atoms with van der Waals surface area (Å²) in [5.41, 5.74) is 5.36. The molecule has 1 unspecified atom stereocenters. The maximum absolute atomic E-state index is 5.82. The third-order valence-electron chi connectivity index (χ3n) is 3.45. The van der Waals surface area contributed by atoms with Crippen LogP contribution in [-0.4, -0.2) is 4.98 Å². The molecule has 0 spiro atoms. The number of hydrogen-bond acceptors (Lipinski definition) is 3. The Morgan fingerprint density at radius 1 is 1.22 bits per heavy atom. The van der Waals surface area contributed by atoms with Crippen molar-refractivity contribution in [3.8, 4) is 0 Å². The van der Waals surface area contributed by atoms with Gasteiger partial charge in [-0.05, 0) is 37.3 Å². The lowest BCUT2D eigenvalue weighted by Crippen LogP contribution is -2.29. The van der Waals surface area contributed by atoms with Crippen molar-refractivity contribution in [1.29, 1.82) is 0 Å². The van der Waals surface area contributed by atoms with Gasteiger partial charge in [0, 0.05) is 6.20 Å². The zero-order valence-corrected chi connectivity index (χ0v) is 11.3. The van der Waals surface area contributed by atoms with Crippen LogP contribution in [0.15, 0.2) is 30.0 Å². The summed E-state index contributed by atoms with van der Waals surface area (Å²) in [6.07, 6.45) is 11.6. The Balaban J connectivity index is 2.18. The highest BCUT2D eigenvalue weighted by Gasteiger charge is 2.16. The number of hydrogen-bond donors (Lipinski definition) is 2. The van der Waals surface area contributed by atoms with Crippen LogP contribution >= 0.6 is 11.6 Å². The van der Waals surface area contributed by atoms with E-state index in [9.17, 15) is 0 Å². The molecule has 0 amide bonds. The fourth-order valence-electron chi connectivity index (χ4n) is 2.45. The van der Waals surface area contributed by atoms with E-state index >= 15 is 0 Å². The zero-order chi connectivity index (χ0) is 12.8. The normalized spacial score (nSPS) is 21.6. The van der Waals surface area contributed by atoms with Gasteiger partial charge in [0.1, 0.15) is 5.15 Å². The summed E-state index contributed by atoms with van der Waals surface area (Å²) in [4.78, 5) is 4.13. The van der Waals surface area contributed by atoms with Gasteiger partial charge < -0.3 is 0 Å². The van der Waals surface area contributed by atoms with Crippen LogP contribution in [-0.2, 0) is 0 Å². The third kappa shape index (κ3) is 3.55. The first kappa shape index (κ1) is 13.5. The number of nitrogens with zero attached hydrogens (tertiary/aromatic N) is 1. The molecular weight excluding hydrogens is 246 g/mol. The first-order valence-corrected chi connectivity index (χ1v) is 6.95. The molecule has 1 aliphatic rings. The van der Waals surface area contributed by atoms with E-state index in [1.54, 1.807) is 6.20 Å². The standard InChI is InChI=1S/C14H20ClN3/c15-13-9-8-12(10-17-13)14(18-16)11-6-4-2-1-3-5-7-11/h6,8-10,14,18H,1-5,7,16H2/b11-6+. The Morgan fingerprint density at radius 2 is 2.06 bits per heavy atom. The number of allylic oxidation sites excluding steroid dienone is 1. The van der Waals surface area contributed by atoms with E-state index in [1.165, 1.54) is 31.3 Å². The minimum Gasteiger partial charge on any atom is -0.271 e. The van der Waals surface area contributed by atoms with Crippen LogP contribution in [0, 0.1) is 0 Å². The molecule has 1 aromatic rings.